The van der Waals surface area contributed by atoms with Gasteiger partial charge < -0.3 is 0 Å². The van der Waals surface area contributed by atoms with Crippen molar-refractivity contribution in [3.63, 3.8) is 0 Å². The number of thiophene rings is 1. The molecule has 0 spiro atoms. The van der Waals surface area contributed by atoms with Crippen LogP contribution in [0.4, 0.5) is 5.82 Å². The molecule has 3 aromatic rings. The molecule has 0 radical (unpaired) electrons. The number of hydrogen-bond acceptors (Lipinski definition) is 6. The number of aromatic nitrogens is 3. The van der Waals surface area contributed by atoms with Gasteiger partial charge in [-0.1, -0.05) is 0 Å². The Morgan fingerprint density at radius 2 is 1.96 bits per heavy atom. The Balaban J connectivity index is 0.00000156. The summed E-state index contributed by atoms with van der Waals surface area (Å²) in [5.41, 5.74) is 5.49. The van der Waals surface area contributed by atoms with Gasteiger partial charge in [0.2, 0.25) is 0 Å². The molecule has 5 nitrogen and oxygen atoms in total. The third-order valence-corrected chi connectivity index (χ3v) is 5.04. The molecule has 0 fully saturated rings. The van der Waals surface area contributed by atoms with Crippen molar-refractivity contribution in [1.82, 2.24) is 15.0 Å². The van der Waals surface area contributed by atoms with Gasteiger partial charge in [-0.3, -0.25) is 10.4 Å². The van der Waals surface area contributed by atoms with Crippen LogP contribution in [-0.2, 0) is 12.8 Å². The summed E-state index contributed by atoms with van der Waals surface area (Å²) in [7, 11) is 0. The van der Waals surface area contributed by atoms with Crippen LogP contribution < -0.4 is 5.43 Å². The van der Waals surface area contributed by atoms with Crippen molar-refractivity contribution in [2.45, 2.75) is 25.7 Å². The van der Waals surface area contributed by atoms with Gasteiger partial charge in [0, 0.05) is 17.3 Å². The normalized spacial score (nSPS) is 13.7. The van der Waals surface area contributed by atoms with E-state index in [2.05, 4.69) is 25.5 Å². The minimum Gasteiger partial charge on any atom is -0.265 e. The highest BCUT2D eigenvalue weighted by Crippen LogP contribution is 2.37. The first-order chi connectivity index (χ1) is 10.9. The molecule has 0 aromatic carbocycles. The Labute approximate surface area is 144 Å². The number of rotatable bonds is 3. The number of nitrogens with one attached hydrogen (secondary N) is 1. The molecule has 0 amide bonds. The fourth-order valence-corrected chi connectivity index (χ4v) is 4.02. The minimum atomic E-state index is 0. The van der Waals surface area contributed by atoms with E-state index in [0.717, 1.165) is 34.4 Å². The standard InChI is InChI=1S/C16H15N5S.ClH/c1-2-4-13-12(3-1)14-15(18-10-19-16(14)22-13)21-20-9-11-5-7-17-8-6-11;/h5-10H,1-4H2,(H,18,19,21);1H/b20-9+;. The molecule has 1 aliphatic rings. The lowest BCUT2D eigenvalue weighted by atomic mass is 9.97. The van der Waals surface area contributed by atoms with Gasteiger partial charge in [-0.25, -0.2) is 9.97 Å². The molecule has 4 rings (SSSR count). The lowest BCUT2D eigenvalue weighted by molar-refractivity contribution is 0.700. The zero-order valence-electron chi connectivity index (χ0n) is 12.4. The van der Waals surface area contributed by atoms with Crippen molar-refractivity contribution < 1.29 is 0 Å². The van der Waals surface area contributed by atoms with Gasteiger partial charge >= 0.3 is 0 Å². The molecule has 7 heteroatoms. The predicted molar refractivity (Wildman–Crippen MR) is 96.8 cm³/mol. The zero-order chi connectivity index (χ0) is 14.8. The van der Waals surface area contributed by atoms with Crippen LogP contribution in [0.3, 0.4) is 0 Å². The van der Waals surface area contributed by atoms with Crippen molar-refractivity contribution in [1.29, 1.82) is 0 Å². The smallest absolute Gasteiger partial charge is 0.158 e. The predicted octanol–water partition coefficient (Wildman–Crippen LogP) is 3.83. The third kappa shape index (κ3) is 3.18. The molecule has 1 aliphatic carbocycles. The quantitative estimate of drug-likeness (QED) is 0.578. The Kier molecular flexibility index (Phi) is 4.83. The van der Waals surface area contributed by atoms with Crippen LogP contribution in [0, 0.1) is 0 Å². The summed E-state index contributed by atoms with van der Waals surface area (Å²) in [4.78, 5) is 15.3. The van der Waals surface area contributed by atoms with E-state index in [1.54, 1.807) is 36.3 Å². The first kappa shape index (κ1) is 15.8. The van der Waals surface area contributed by atoms with Gasteiger partial charge in [-0.15, -0.1) is 23.7 Å². The van der Waals surface area contributed by atoms with E-state index in [1.807, 2.05) is 12.1 Å². The maximum absolute atomic E-state index is 4.42. The number of anilines is 1. The molecular weight excluding hydrogens is 330 g/mol. The Morgan fingerprint density at radius 1 is 1.13 bits per heavy atom. The fourth-order valence-electron chi connectivity index (χ4n) is 2.79. The molecule has 118 valence electrons. The minimum absolute atomic E-state index is 0. The number of pyridine rings is 1. The highest BCUT2D eigenvalue weighted by atomic mass is 35.5. The molecule has 0 saturated carbocycles. The topological polar surface area (TPSA) is 63.1 Å². The summed E-state index contributed by atoms with van der Waals surface area (Å²) < 4.78 is 0. The molecule has 1 N–H and O–H groups in total. The van der Waals surface area contributed by atoms with Crippen LogP contribution >= 0.6 is 23.7 Å². The zero-order valence-corrected chi connectivity index (χ0v) is 14.0. The summed E-state index contributed by atoms with van der Waals surface area (Å²) in [6.07, 6.45) is 11.7. The van der Waals surface area contributed by atoms with Gasteiger partial charge in [0.1, 0.15) is 11.2 Å². The van der Waals surface area contributed by atoms with Crippen LogP contribution in [0.25, 0.3) is 10.2 Å². The monoisotopic (exact) mass is 345 g/mol. The average Bonchev–Trinajstić information content (AvgIpc) is 2.95. The van der Waals surface area contributed by atoms with E-state index in [1.165, 1.54) is 23.3 Å². The van der Waals surface area contributed by atoms with Crippen molar-refractivity contribution in [2.75, 3.05) is 5.43 Å². The number of halogens is 1. The van der Waals surface area contributed by atoms with E-state index >= 15 is 0 Å². The second-order valence-corrected chi connectivity index (χ2v) is 6.35. The maximum Gasteiger partial charge on any atom is 0.158 e. The Morgan fingerprint density at radius 3 is 2.83 bits per heavy atom. The van der Waals surface area contributed by atoms with Crippen LogP contribution in [0.5, 0.6) is 0 Å². The van der Waals surface area contributed by atoms with Gasteiger partial charge in [0.25, 0.3) is 0 Å². The second kappa shape index (κ2) is 7.02. The van der Waals surface area contributed by atoms with E-state index in [4.69, 9.17) is 0 Å². The lowest BCUT2D eigenvalue weighted by Crippen LogP contribution is -2.00. The van der Waals surface area contributed by atoms with Crippen molar-refractivity contribution in [3.8, 4) is 0 Å². The first-order valence-corrected chi connectivity index (χ1v) is 8.18. The molecule has 0 unspecified atom stereocenters. The first-order valence-electron chi connectivity index (χ1n) is 7.36. The van der Waals surface area contributed by atoms with E-state index in [0.29, 0.717) is 0 Å². The molecule has 0 bridgehead atoms. The molecular formula is C16H16ClN5S. The van der Waals surface area contributed by atoms with Crippen molar-refractivity contribution in [3.05, 3.63) is 46.9 Å². The maximum atomic E-state index is 4.42. The summed E-state index contributed by atoms with van der Waals surface area (Å²) in [6.45, 7) is 0. The average molecular weight is 346 g/mol. The number of nitrogens with zero attached hydrogens (tertiary/aromatic N) is 4. The van der Waals surface area contributed by atoms with Gasteiger partial charge in [-0.05, 0) is 48.9 Å². The van der Waals surface area contributed by atoms with E-state index in [9.17, 15) is 0 Å². The molecule has 3 heterocycles. The fraction of sp³-hybridized carbons (Fsp3) is 0.250. The summed E-state index contributed by atoms with van der Waals surface area (Å²) in [5.74, 6) is 0.801. The van der Waals surface area contributed by atoms with Gasteiger partial charge in [0.15, 0.2) is 5.82 Å². The van der Waals surface area contributed by atoms with Crippen LogP contribution in [0.2, 0.25) is 0 Å². The highest BCUT2D eigenvalue weighted by molar-refractivity contribution is 7.19. The van der Waals surface area contributed by atoms with E-state index in [-0.39, 0.29) is 12.4 Å². The number of hydrazone groups is 1. The second-order valence-electron chi connectivity index (χ2n) is 5.26. The molecule has 0 saturated heterocycles. The number of aryl methyl sites for hydroxylation is 2. The summed E-state index contributed by atoms with van der Waals surface area (Å²) in [5, 5.41) is 5.45. The molecule has 3 aromatic heterocycles. The van der Waals surface area contributed by atoms with E-state index < -0.39 is 0 Å². The third-order valence-electron chi connectivity index (χ3n) is 3.84. The SMILES string of the molecule is C(=N\Nc1ncnc2sc3c(c12)CCCC3)/c1ccncc1.Cl. The van der Waals surface area contributed by atoms with Crippen LogP contribution in [-0.4, -0.2) is 21.2 Å². The van der Waals surface area contributed by atoms with Crippen LogP contribution in [0.1, 0.15) is 28.8 Å². The largest absolute Gasteiger partial charge is 0.265 e. The lowest BCUT2D eigenvalue weighted by Gasteiger charge is -2.11. The summed E-state index contributed by atoms with van der Waals surface area (Å²) in [6, 6.07) is 3.82. The molecule has 0 aliphatic heterocycles. The van der Waals surface area contributed by atoms with Crippen LogP contribution in [0.15, 0.2) is 36.0 Å². The van der Waals surface area contributed by atoms with Crippen molar-refractivity contribution in [2.24, 2.45) is 5.10 Å². The van der Waals surface area contributed by atoms with Crippen molar-refractivity contribution >= 4 is 46.0 Å². The van der Waals surface area contributed by atoms with Gasteiger partial charge in [-0.2, -0.15) is 5.10 Å². The van der Waals surface area contributed by atoms with Gasteiger partial charge in [0.05, 0.1) is 11.6 Å². The molecule has 0 atom stereocenters. The Hall–Kier alpha value is -2.05. The Bertz CT molecular complexity index is 831. The number of fused-ring (bicyclic) bond motifs is 3. The summed E-state index contributed by atoms with van der Waals surface area (Å²) >= 11 is 1.79. The number of hydrogen-bond donors (Lipinski definition) is 1. The highest BCUT2D eigenvalue weighted by Gasteiger charge is 2.19. The molecule has 23 heavy (non-hydrogen) atoms.